The Morgan fingerprint density at radius 1 is 1.14 bits per heavy atom. The van der Waals surface area contributed by atoms with Gasteiger partial charge in [-0.1, -0.05) is 43.5 Å². The molecule has 1 aliphatic heterocycles. The summed E-state index contributed by atoms with van der Waals surface area (Å²) in [6, 6.07) is 12.6. The van der Waals surface area contributed by atoms with Crippen molar-refractivity contribution in [1.29, 1.82) is 0 Å². The van der Waals surface area contributed by atoms with E-state index in [0.717, 1.165) is 38.4 Å². The van der Waals surface area contributed by atoms with Crippen LogP contribution in [0.4, 0.5) is 0 Å². The summed E-state index contributed by atoms with van der Waals surface area (Å²) in [6.45, 7) is 3.06. The van der Waals surface area contributed by atoms with Gasteiger partial charge in [-0.25, -0.2) is 0 Å². The molecule has 1 aromatic carbocycles. The topological polar surface area (TPSA) is 45.2 Å². The first-order chi connectivity index (χ1) is 14.2. The Hall–Kier alpha value is -2.20. The summed E-state index contributed by atoms with van der Waals surface area (Å²) in [7, 11) is 1.78. The second-order valence-electron chi connectivity index (χ2n) is 8.92. The van der Waals surface area contributed by atoms with Crippen LogP contribution in [0.15, 0.2) is 48.8 Å². The van der Waals surface area contributed by atoms with Crippen LogP contribution in [0.5, 0.6) is 0 Å². The van der Waals surface area contributed by atoms with Gasteiger partial charge in [-0.15, -0.1) is 0 Å². The molecule has 29 heavy (non-hydrogen) atoms. The molecule has 2 heterocycles. The lowest BCUT2D eigenvalue weighted by Crippen LogP contribution is -2.43. The van der Waals surface area contributed by atoms with Crippen molar-refractivity contribution >= 4 is 5.91 Å². The van der Waals surface area contributed by atoms with Gasteiger partial charge in [0.05, 0.1) is 5.41 Å². The van der Waals surface area contributed by atoms with Crippen LogP contribution in [-0.4, -0.2) is 42.5 Å². The maximum absolute atomic E-state index is 13.1. The Bertz CT molecular complexity index is 816. The molecule has 2 aliphatic rings. The highest BCUT2D eigenvalue weighted by atomic mass is 16.2. The van der Waals surface area contributed by atoms with Crippen molar-refractivity contribution < 1.29 is 4.79 Å². The molecule has 1 N–H and O–H groups in total. The van der Waals surface area contributed by atoms with Crippen LogP contribution in [0, 0.1) is 11.3 Å². The molecule has 0 bridgehead atoms. The second-order valence-corrected chi connectivity index (χ2v) is 8.92. The number of likely N-dealkylation sites (tertiary alicyclic amines) is 1. The molecule has 0 radical (unpaired) electrons. The minimum absolute atomic E-state index is 0.188. The summed E-state index contributed by atoms with van der Waals surface area (Å²) >= 11 is 0. The van der Waals surface area contributed by atoms with Crippen LogP contribution in [0.25, 0.3) is 11.1 Å². The molecule has 1 saturated heterocycles. The summed E-state index contributed by atoms with van der Waals surface area (Å²) in [5.41, 5.74) is 3.29. The molecule has 4 nitrogen and oxygen atoms in total. The fourth-order valence-electron chi connectivity index (χ4n) is 5.38. The summed E-state index contributed by atoms with van der Waals surface area (Å²) in [5.74, 6) is 1.00. The van der Waals surface area contributed by atoms with Gasteiger partial charge in [-0.3, -0.25) is 9.78 Å². The number of nitrogens with zero attached hydrogens (tertiary/aromatic N) is 2. The largest absolute Gasteiger partial charge is 0.359 e. The Kier molecular flexibility index (Phi) is 6.29. The van der Waals surface area contributed by atoms with Gasteiger partial charge in [0, 0.05) is 32.5 Å². The highest BCUT2D eigenvalue weighted by molar-refractivity contribution is 5.84. The van der Waals surface area contributed by atoms with Crippen LogP contribution >= 0.6 is 0 Å². The van der Waals surface area contributed by atoms with E-state index >= 15 is 0 Å². The third-order valence-electron chi connectivity index (χ3n) is 6.92. The molecule has 2 fully saturated rings. The maximum Gasteiger partial charge on any atom is 0.227 e. The van der Waals surface area contributed by atoms with E-state index in [1.807, 2.05) is 12.4 Å². The quantitative estimate of drug-likeness (QED) is 0.798. The van der Waals surface area contributed by atoms with Crippen LogP contribution in [-0.2, 0) is 11.2 Å². The monoisotopic (exact) mass is 391 g/mol. The van der Waals surface area contributed by atoms with E-state index in [0.29, 0.717) is 0 Å². The van der Waals surface area contributed by atoms with Gasteiger partial charge in [-0.05, 0) is 67.0 Å². The fraction of sp³-hybridized carbons (Fsp3) is 0.520. The van der Waals surface area contributed by atoms with Crippen LogP contribution in [0.1, 0.15) is 44.1 Å². The first-order valence-corrected chi connectivity index (χ1v) is 11.1. The lowest BCUT2D eigenvalue weighted by atomic mass is 9.78. The number of aromatic nitrogens is 1. The van der Waals surface area contributed by atoms with Gasteiger partial charge < -0.3 is 10.2 Å². The van der Waals surface area contributed by atoms with Gasteiger partial charge in [0.1, 0.15) is 0 Å². The lowest BCUT2D eigenvalue weighted by molar-refractivity contribution is -0.130. The average Bonchev–Trinajstić information content (AvgIpc) is 3.18. The zero-order chi connectivity index (χ0) is 20.1. The molecule has 1 atom stereocenters. The van der Waals surface area contributed by atoms with E-state index in [1.54, 1.807) is 7.05 Å². The van der Waals surface area contributed by atoms with Gasteiger partial charge in [0.15, 0.2) is 0 Å². The summed E-state index contributed by atoms with van der Waals surface area (Å²) in [6.07, 6.45) is 12.2. The summed E-state index contributed by atoms with van der Waals surface area (Å²) < 4.78 is 0. The molecule has 1 aromatic heterocycles. The first-order valence-electron chi connectivity index (χ1n) is 11.1. The maximum atomic E-state index is 13.1. The normalized spacial score (nSPS) is 23.2. The Balaban J connectivity index is 1.55. The van der Waals surface area contributed by atoms with Crippen molar-refractivity contribution in [3.8, 4) is 11.1 Å². The summed E-state index contributed by atoms with van der Waals surface area (Å²) in [5, 5.41) is 2.98. The number of amides is 1. The van der Waals surface area contributed by atoms with Crippen molar-refractivity contribution in [3.63, 3.8) is 0 Å². The Labute approximate surface area is 174 Å². The Morgan fingerprint density at radius 2 is 1.90 bits per heavy atom. The minimum Gasteiger partial charge on any atom is -0.359 e. The molecule has 4 rings (SSSR count). The molecule has 2 aromatic rings. The smallest absolute Gasteiger partial charge is 0.227 e. The highest BCUT2D eigenvalue weighted by Crippen LogP contribution is 2.38. The van der Waals surface area contributed by atoms with Crippen molar-refractivity contribution in [2.45, 2.75) is 44.9 Å². The molecule has 1 unspecified atom stereocenters. The van der Waals surface area contributed by atoms with Crippen molar-refractivity contribution in [2.75, 3.05) is 26.7 Å². The van der Waals surface area contributed by atoms with E-state index in [-0.39, 0.29) is 11.3 Å². The number of hydrogen-bond donors (Lipinski definition) is 1. The van der Waals surface area contributed by atoms with E-state index in [2.05, 4.69) is 51.6 Å². The number of benzene rings is 1. The highest BCUT2D eigenvalue weighted by Gasteiger charge is 2.44. The van der Waals surface area contributed by atoms with E-state index < -0.39 is 0 Å². The molecule has 1 saturated carbocycles. The number of rotatable bonds is 6. The number of hydrogen-bond acceptors (Lipinski definition) is 3. The van der Waals surface area contributed by atoms with Gasteiger partial charge in [0.25, 0.3) is 0 Å². The van der Waals surface area contributed by atoms with Crippen LogP contribution < -0.4 is 5.32 Å². The third kappa shape index (κ3) is 4.53. The second kappa shape index (κ2) is 9.08. The van der Waals surface area contributed by atoms with Crippen LogP contribution in [0.3, 0.4) is 0 Å². The molecule has 154 valence electrons. The number of pyridine rings is 1. The number of nitrogens with one attached hydrogen (secondary N) is 1. The molecule has 1 aliphatic carbocycles. The van der Waals surface area contributed by atoms with E-state index in [1.165, 1.54) is 48.8 Å². The number of carbonyl (C=O) groups is 1. The van der Waals surface area contributed by atoms with E-state index in [4.69, 9.17) is 0 Å². The van der Waals surface area contributed by atoms with Gasteiger partial charge in [-0.2, -0.15) is 0 Å². The van der Waals surface area contributed by atoms with Gasteiger partial charge >= 0.3 is 0 Å². The lowest BCUT2D eigenvalue weighted by Gasteiger charge is -2.31. The number of carbonyl (C=O) groups excluding carboxylic acids is 1. The molecule has 1 amide bonds. The molecule has 0 spiro atoms. The fourth-order valence-corrected chi connectivity index (χ4v) is 5.38. The van der Waals surface area contributed by atoms with Gasteiger partial charge in [0.2, 0.25) is 5.91 Å². The average molecular weight is 392 g/mol. The minimum atomic E-state index is -0.341. The van der Waals surface area contributed by atoms with Crippen molar-refractivity contribution in [3.05, 3.63) is 54.4 Å². The predicted molar refractivity (Wildman–Crippen MR) is 118 cm³/mol. The molecular weight excluding hydrogens is 358 g/mol. The third-order valence-corrected chi connectivity index (χ3v) is 6.92. The Morgan fingerprint density at radius 3 is 2.66 bits per heavy atom. The zero-order valence-corrected chi connectivity index (χ0v) is 17.6. The molecule has 4 heteroatoms. The summed E-state index contributed by atoms with van der Waals surface area (Å²) in [4.78, 5) is 19.8. The molecular formula is C25H33N3O. The van der Waals surface area contributed by atoms with E-state index in [9.17, 15) is 4.79 Å². The zero-order valence-electron chi connectivity index (χ0n) is 17.6. The van der Waals surface area contributed by atoms with Crippen molar-refractivity contribution in [1.82, 2.24) is 15.2 Å². The predicted octanol–water partition coefficient (Wildman–Crippen LogP) is 4.31. The first kappa shape index (κ1) is 20.1. The van der Waals surface area contributed by atoms with Crippen molar-refractivity contribution in [2.24, 2.45) is 11.3 Å². The van der Waals surface area contributed by atoms with Crippen LogP contribution in [0.2, 0.25) is 0 Å². The standard InChI is InChI=1S/C25H33N3O/c1-26-24(29)25(13-16-28(19-25)18-20-7-3-2-4-8-20)17-22-9-5-6-10-23(22)21-11-14-27-15-12-21/h5-6,9-12,14-15,20H,2-4,7-8,13,16-19H2,1H3,(H,26,29). The SMILES string of the molecule is CNC(=O)C1(Cc2ccccc2-c2ccncc2)CCN(CC2CCCCC2)C1.